The van der Waals surface area contributed by atoms with Gasteiger partial charge in [-0.15, -0.1) is 11.3 Å². The summed E-state index contributed by atoms with van der Waals surface area (Å²) in [6.45, 7) is 1.45. The Morgan fingerprint density at radius 1 is 1.19 bits per heavy atom. The van der Waals surface area contributed by atoms with Gasteiger partial charge < -0.3 is 14.8 Å². The molecule has 0 aliphatic carbocycles. The van der Waals surface area contributed by atoms with Crippen molar-refractivity contribution >= 4 is 39.9 Å². The van der Waals surface area contributed by atoms with Crippen LogP contribution >= 0.6 is 11.3 Å². The van der Waals surface area contributed by atoms with Crippen molar-refractivity contribution in [2.75, 3.05) is 10.6 Å². The van der Waals surface area contributed by atoms with Gasteiger partial charge in [-0.05, 0) is 19.1 Å². The number of carbonyl (C=O) groups is 3. The number of thiazole rings is 1. The molecule has 1 aliphatic rings. The van der Waals surface area contributed by atoms with Crippen LogP contribution in [0, 0.1) is 0 Å². The Balaban J connectivity index is 1.30. The van der Waals surface area contributed by atoms with Crippen molar-refractivity contribution in [3.8, 4) is 17.0 Å². The van der Waals surface area contributed by atoms with Crippen LogP contribution < -0.4 is 15.4 Å². The number of carbonyl (C=O) groups excluding carboxylic acids is 3. The van der Waals surface area contributed by atoms with Gasteiger partial charge in [-0.25, -0.2) is 4.98 Å². The third-order valence-electron chi connectivity index (χ3n) is 4.54. The second-order valence-corrected chi connectivity index (χ2v) is 7.68. The Kier molecular flexibility index (Phi) is 5.94. The van der Waals surface area contributed by atoms with E-state index in [4.69, 9.17) is 9.47 Å². The lowest BCUT2D eigenvalue weighted by Crippen LogP contribution is -2.40. The van der Waals surface area contributed by atoms with Crippen LogP contribution in [0.3, 0.4) is 0 Å². The predicted octanol–water partition coefficient (Wildman–Crippen LogP) is 3.47. The summed E-state index contributed by atoms with van der Waals surface area (Å²) in [6, 6.07) is 16.5. The molecule has 31 heavy (non-hydrogen) atoms. The maximum Gasteiger partial charge on any atom is 0.310 e. The van der Waals surface area contributed by atoms with E-state index in [2.05, 4.69) is 15.6 Å². The fourth-order valence-electron chi connectivity index (χ4n) is 2.96. The molecule has 1 aliphatic heterocycles. The second-order valence-electron chi connectivity index (χ2n) is 6.82. The van der Waals surface area contributed by atoms with Crippen LogP contribution in [-0.2, 0) is 19.1 Å². The number of nitrogens with zero attached hydrogens (tertiary/aromatic N) is 1. The molecule has 0 saturated heterocycles. The number of nitrogens with one attached hydrogen (secondary N) is 2. The molecule has 2 atom stereocenters. The largest absolute Gasteiger partial charge is 0.478 e. The highest BCUT2D eigenvalue weighted by atomic mass is 32.1. The van der Waals surface area contributed by atoms with E-state index in [1.54, 1.807) is 24.3 Å². The van der Waals surface area contributed by atoms with Crippen LogP contribution in [0.4, 0.5) is 10.8 Å². The van der Waals surface area contributed by atoms with E-state index >= 15 is 0 Å². The van der Waals surface area contributed by atoms with Crippen LogP contribution in [0.25, 0.3) is 11.3 Å². The van der Waals surface area contributed by atoms with Gasteiger partial charge in [0.1, 0.15) is 5.75 Å². The number of benzene rings is 2. The smallest absolute Gasteiger partial charge is 0.310 e. The van der Waals surface area contributed by atoms with Gasteiger partial charge in [-0.1, -0.05) is 42.5 Å². The Labute approximate surface area is 182 Å². The fourth-order valence-corrected chi connectivity index (χ4v) is 3.68. The standard InChI is InChI=1S/C22H19N3O5S/c1-13(20(27)25-22-24-16(12-31-22)14-7-3-2-4-8-14)29-19(26)11-18-21(28)23-15-9-5-6-10-17(15)30-18/h2-10,12-13,18H,11H2,1H3,(H,23,28)(H,24,25,27)/t13-,18-/m0/s1. The number of anilines is 2. The SMILES string of the molecule is C[C@H](OC(=O)C[C@@H]1Oc2ccccc2NC1=O)C(=O)Nc1nc(-c2ccccc2)cs1. The molecule has 0 fully saturated rings. The van der Waals surface area contributed by atoms with Gasteiger partial charge in [0, 0.05) is 10.9 Å². The van der Waals surface area contributed by atoms with E-state index in [9.17, 15) is 14.4 Å². The third kappa shape index (κ3) is 4.89. The van der Waals surface area contributed by atoms with Gasteiger partial charge in [0.15, 0.2) is 17.3 Å². The van der Waals surface area contributed by atoms with E-state index in [1.165, 1.54) is 18.3 Å². The molecule has 1 aromatic heterocycles. The van der Waals surface area contributed by atoms with Crippen molar-refractivity contribution in [1.29, 1.82) is 0 Å². The maximum atomic E-state index is 12.4. The van der Waals surface area contributed by atoms with E-state index in [0.717, 1.165) is 11.3 Å². The number of ether oxygens (including phenoxy) is 2. The van der Waals surface area contributed by atoms with Gasteiger partial charge in [-0.2, -0.15) is 0 Å². The molecule has 3 aromatic rings. The minimum absolute atomic E-state index is 0.312. The number of para-hydroxylation sites is 2. The number of hydrogen-bond donors (Lipinski definition) is 2. The first kappa shape index (κ1) is 20.5. The number of aromatic nitrogens is 1. The van der Waals surface area contributed by atoms with Crippen molar-refractivity contribution in [3.63, 3.8) is 0 Å². The normalized spacial score (nSPS) is 15.8. The van der Waals surface area contributed by atoms with E-state index in [0.29, 0.717) is 16.6 Å². The molecule has 0 saturated carbocycles. The quantitative estimate of drug-likeness (QED) is 0.572. The Bertz CT molecular complexity index is 1120. The number of fused-ring (bicyclic) bond motifs is 1. The molecular weight excluding hydrogens is 418 g/mol. The van der Waals surface area contributed by atoms with Crippen molar-refractivity contribution in [2.45, 2.75) is 25.6 Å². The molecule has 2 aromatic carbocycles. The van der Waals surface area contributed by atoms with Gasteiger partial charge >= 0.3 is 5.97 Å². The van der Waals surface area contributed by atoms with E-state index in [1.807, 2.05) is 35.7 Å². The van der Waals surface area contributed by atoms with Crippen molar-refractivity contribution in [1.82, 2.24) is 4.98 Å². The van der Waals surface area contributed by atoms with Crippen LogP contribution in [0.5, 0.6) is 5.75 Å². The highest BCUT2D eigenvalue weighted by Crippen LogP contribution is 2.30. The molecule has 2 amide bonds. The topological polar surface area (TPSA) is 107 Å². The first-order valence-electron chi connectivity index (χ1n) is 9.57. The highest BCUT2D eigenvalue weighted by molar-refractivity contribution is 7.14. The van der Waals surface area contributed by atoms with Gasteiger partial charge in [0.2, 0.25) is 0 Å². The molecule has 4 rings (SSSR count). The van der Waals surface area contributed by atoms with E-state index in [-0.39, 0.29) is 6.42 Å². The lowest BCUT2D eigenvalue weighted by Gasteiger charge is -2.25. The zero-order valence-corrected chi connectivity index (χ0v) is 17.3. The van der Waals surface area contributed by atoms with Crippen LogP contribution in [0.1, 0.15) is 13.3 Å². The molecule has 8 nitrogen and oxygen atoms in total. The molecular formula is C22H19N3O5S. The molecule has 0 radical (unpaired) electrons. The monoisotopic (exact) mass is 437 g/mol. The van der Waals surface area contributed by atoms with Gasteiger partial charge in [-0.3, -0.25) is 19.7 Å². The summed E-state index contributed by atoms with van der Waals surface area (Å²) in [6.07, 6.45) is -2.40. The summed E-state index contributed by atoms with van der Waals surface area (Å²) in [4.78, 5) is 41.2. The first-order chi connectivity index (χ1) is 15.0. The number of esters is 1. The summed E-state index contributed by atoms with van der Waals surface area (Å²) in [7, 11) is 0. The van der Waals surface area contributed by atoms with Crippen LogP contribution in [0.2, 0.25) is 0 Å². The summed E-state index contributed by atoms with van der Waals surface area (Å²) in [5.41, 5.74) is 2.22. The van der Waals surface area contributed by atoms with Gasteiger partial charge in [0.25, 0.3) is 11.8 Å². The third-order valence-corrected chi connectivity index (χ3v) is 5.30. The molecule has 0 spiro atoms. The number of amides is 2. The molecule has 2 N–H and O–H groups in total. The molecule has 158 valence electrons. The summed E-state index contributed by atoms with van der Waals surface area (Å²) in [5.74, 6) is -1.19. The Hall–Kier alpha value is -3.72. The number of hydrogen-bond acceptors (Lipinski definition) is 7. The zero-order chi connectivity index (χ0) is 21.8. The zero-order valence-electron chi connectivity index (χ0n) is 16.5. The fraction of sp³-hybridized carbons (Fsp3) is 0.182. The van der Waals surface area contributed by atoms with E-state index < -0.39 is 30.0 Å². The minimum atomic E-state index is -1.06. The lowest BCUT2D eigenvalue weighted by atomic mass is 10.1. The predicted molar refractivity (Wildman–Crippen MR) is 116 cm³/mol. The minimum Gasteiger partial charge on any atom is -0.478 e. The first-order valence-corrected chi connectivity index (χ1v) is 10.5. The molecule has 9 heteroatoms. The van der Waals surface area contributed by atoms with Crippen LogP contribution in [0.15, 0.2) is 60.0 Å². The molecule has 0 unspecified atom stereocenters. The average Bonchev–Trinajstić information content (AvgIpc) is 3.23. The second kappa shape index (κ2) is 8.97. The summed E-state index contributed by atoms with van der Waals surface area (Å²) >= 11 is 1.27. The van der Waals surface area contributed by atoms with Crippen molar-refractivity contribution in [3.05, 3.63) is 60.0 Å². The molecule has 0 bridgehead atoms. The molecule has 2 heterocycles. The van der Waals surface area contributed by atoms with Gasteiger partial charge in [0.05, 0.1) is 17.8 Å². The Morgan fingerprint density at radius 3 is 2.74 bits per heavy atom. The average molecular weight is 437 g/mol. The lowest BCUT2D eigenvalue weighted by molar-refractivity contribution is -0.155. The van der Waals surface area contributed by atoms with Crippen molar-refractivity contribution < 1.29 is 23.9 Å². The maximum absolute atomic E-state index is 12.4. The summed E-state index contributed by atoms with van der Waals surface area (Å²) < 4.78 is 10.8. The van der Waals surface area contributed by atoms with Crippen LogP contribution in [-0.4, -0.2) is 35.0 Å². The highest BCUT2D eigenvalue weighted by Gasteiger charge is 2.31. The number of rotatable bonds is 6. The summed E-state index contributed by atoms with van der Waals surface area (Å²) in [5, 5.41) is 7.56. The Morgan fingerprint density at radius 2 is 1.94 bits per heavy atom. The van der Waals surface area contributed by atoms with Crippen molar-refractivity contribution in [2.24, 2.45) is 0 Å².